The SMILES string of the molecule is CC(=O)NCC(=O)N1CC[C@@H]2[C@@H](CCCCN2CC2CC2)C1. The number of amides is 2. The zero-order valence-electron chi connectivity index (χ0n) is 13.7. The monoisotopic (exact) mass is 307 g/mol. The van der Waals surface area contributed by atoms with Gasteiger partial charge in [-0.1, -0.05) is 6.42 Å². The van der Waals surface area contributed by atoms with Crippen molar-refractivity contribution in [2.24, 2.45) is 11.8 Å². The first kappa shape index (κ1) is 15.8. The second-order valence-corrected chi connectivity index (χ2v) is 7.30. The lowest BCUT2D eigenvalue weighted by molar-refractivity contribution is -0.135. The summed E-state index contributed by atoms with van der Waals surface area (Å²) in [5, 5.41) is 2.63. The standard InChI is InChI=1S/C17H29N3O2/c1-13(21)18-10-17(22)20-9-7-16-15(12-20)4-2-3-8-19(16)11-14-5-6-14/h14-16H,2-12H2,1H3,(H,18,21)/t15-,16+/m0/s1. The molecule has 3 fully saturated rings. The zero-order chi connectivity index (χ0) is 15.5. The van der Waals surface area contributed by atoms with Crippen molar-refractivity contribution in [3.05, 3.63) is 0 Å². The third-order valence-electron chi connectivity index (χ3n) is 5.46. The van der Waals surface area contributed by atoms with Crippen LogP contribution in [-0.2, 0) is 9.59 Å². The van der Waals surface area contributed by atoms with Crippen LogP contribution in [0.25, 0.3) is 0 Å². The first-order valence-corrected chi connectivity index (χ1v) is 8.89. The fourth-order valence-corrected chi connectivity index (χ4v) is 4.07. The minimum atomic E-state index is -0.131. The van der Waals surface area contributed by atoms with E-state index in [1.807, 2.05) is 4.90 Å². The van der Waals surface area contributed by atoms with Crippen molar-refractivity contribution < 1.29 is 9.59 Å². The van der Waals surface area contributed by atoms with E-state index in [9.17, 15) is 9.59 Å². The topological polar surface area (TPSA) is 52.7 Å². The highest BCUT2D eigenvalue weighted by Crippen LogP contribution is 2.35. The smallest absolute Gasteiger partial charge is 0.241 e. The molecule has 3 rings (SSSR count). The van der Waals surface area contributed by atoms with Crippen LogP contribution >= 0.6 is 0 Å². The quantitative estimate of drug-likeness (QED) is 0.850. The molecule has 2 atom stereocenters. The Kier molecular flexibility index (Phi) is 5.01. The number of hydrogen-bond acceptors (Lipinski definition) is 3. The van der Waals surface area contributed by atoms with Crippen LogP contribution in [0.15, 0.2) is 0 Å². The summed E-state index contributed by atoms with van der Waals surface area (Å²) in [6.07, 6.45) is 7.76. The van der Waals surface area contributed by atoms with E-state index in [4.69, 9.17) is 0 Å². The molecular weight excluding hydrogens is 278 g/mol. The van der Waals surface area contributed by atoms with Crippen molar-refractivity contribution in [2.45, 2.75) is 51.5 Å². The molecular formula is C17H29N3O2. The van der Waals surface area contributed by atoms with Crippen molar-refractivity contribution in [1.82, 2.24) is 15.1 Å². The van der Waals surface area contributed by atoms with Gasteiger partial charge in [0.1, 0.15) is 0 Å². The lowest BCUT2D eigenvalue weighted by Crippen LogP contribution is -2.53. The number of likely N-dealkylation sites (tertiary alicyclic amines) is 2. The van der Waals surface area contributed by atoms with E-state index in [-0.39, 0.29) is 18.4 Å². The molecule has 0 aromatic rings. The Morgan fingerprint density at radius 2 is 1.91 bits per heavy atom. The minimum absolute atomic E-state index is 0.0756. The number of hydrogen-bond donors (Lipinski definition) is 1. The molecule has 0 radical (unpaired) electrons. The van der Waals surface area contributed by atoms with Crippen molar-refractivity contribution >= 4 is 11.8 Å². The summed E-state index contributed by atoms with van der Waals surface area (Å²) >= 11 is 0. The Labute approximate surface area is 133 Å². The molecule has 2 saturated heterocycles. The predicted molar refractivity (Wildman–Crippen MR) is 85.3 cm³/mol. The first-order chi connectivity index (χ1) is 10.6. The molecule has 124 valence electrons. The second-order valence-electron chi connectivity index (χ2n) is 7.30. The molecule has 5 heteroatoms. The van der Waals surface area contributed by atoms with Gasteiger partial charge in [-0.05, 0) is 50.5 Å². The average Bonchev–Trinajstić information content (AvgIpc) is 3.32. The van der Waals surface area contributed by atoms with Gasteiger partial charge in [0.05, 0.1) is 6.54 Å². The molecule has 0 aromatic heterocycles. The zero-order valence-corrected chi connectivity index (χ0v) is 13.7. The Morgan fingerprint density at radius 1 is 1.09 bits per heavy atom. The molecule has 0 bridgehead atoms. The number of nitrogens with one attached hydrogen (secondary N) is 1. The van der Waals surface area contributed by atoms with Crippen LogP contribution in [0.3, 0.4) is 0 Å². The highest BCUT2D eigenvalue weighted by Gasteiger charge is 2.37. The van der Waals surface area contributed by atoms with E-state index in [2.05, 4.69) is 10.2 Å². The summed E-state index contributed by atoms with van der Waals surface area (Å²) in [4.78, 5) is 27.9. The molecule has 2 heterocycles. The normalized spacial score (nSPS) is 29.6. The van der Waals surface area contributed by atoms with Gasteiger partial charge >= 0.3 is 0 Å². The first-order valence-electron chi connectivity index (χ1n) is 8.89. The van der Waals surface area contributed by atoms with Crippen molar-refractivity contribution in [1.29, 1.82) is 0 Å². The third-order valence-corrected chi connectivity index (χ3v) is 5.46. The van der Waals surface area contributed by atoms with Crippen molar-refractivity contribution in [2.75, 3.05) is 32.7 Å². The molecule has 1 saturated carbocycles. The van der Waals surface area contributed by atoms with Crippen molar-refractivity contribution in [3.63, 3.8) is 0 Å². The van der Waals surface area contributed by atoms with Gasteiger partial charge in [0.15, 0.2) is 0 Å². The Hall–Kier alpha value is -1.10. The lowest BCUT2D eigenvalue weighted by atomic mass is 9.88. The molecule has 1 N–H and O–H groups in total. The maximum Gasteiger partial charge on any atom is 0.241 e. The highest BCUT2D eigenvalue weighted by molar-refractivity contribution is 5.83. The summed E-state index contributed by atoms with van der Waals surface area (Å²) in [7, 11) is 0. The largest absolute Gasteiger partial charge is 0.347 e. The van der Waals surface area contributed by atoms with Gasteiger partial charge in [-0.2, -0.15) is 0 Å². The maximum absolute atomic E-state index is 12.2. The molecule has 0 unspecified atom stereocenters. The molecule has 1 aliphatic carbocycles. The van der Waals surface area contributed by atoms with Gasteiger partial charge in [0.25, 0.3) is 0 Å². The summed E-state index contributed by atoms with van der Waals surface area (Å²) in [6, 6.07) is 0.674. The summed E-state index contributed by atoms with van der Waals surface area (Å²) in [6.45, 7) is 5.86. The van der Waals surface area contributed by atoms with Gasteiger partial charge in [0.2, 0.25) is 11.8 Å². The van der Waals surface area contributed by atoms with Crippen LogP contribution in [-0.4, -0.2) is 60.4 Å². The van der Waals surface area contributed by atoms with Crippen LogP contribution in [0.2, 0.25) is 0 Å². The van der Waals surface area contributed by atoms with E-state index < -0.39 is 0 Å². The lowest BCUT2D eigenvalue weighted by Gasteiger charge is -2.43. The van der Waals surface area contributed by atoms with E-state index in [0.29, 0.717) is 12.0 Å². The minimum Gasteiger partial charge on any atom is -0.347 e. The Bertz CT molecular complexity index is 422. The highest BCUT2D eigenvalue weighted by atomic mass is 16.2. The number of fused-ring (bicyclic) bond motifs is 1. The van der Waals surface area contributed by atoms with Crippen LogP contribution in [0, 0.1) is 11.8 Å². The molecule has 3 aliphatic rings. The van der Waals surface area contributed by atoms with E-state index >= 15 is 0 Å². The predicted octanol–water partition coefficient (Wildman–Crippen LogP) is 1.24. The number of piperidine rings is 1. The summed E-state index contributed by atoms with van der Waals surface area (Å²) < 4.78 is 0. The molecule has 0 aromatic carbocycles. The summed E-state index contributed by atoms with van der Waals surface area (Å²) in [5.41, 5.74) is 0. The van der Waals surface area contributed by atoms with Gasteiger partial charge in [0, 0.05) is 32.6 Å². The average molecular weight is 307 g/mol. The summed E-state index contributed by atoms with van der Waals surface area (Å²) in [5.74, 6) is 1.51. The van der Waals surface area contributed by atoms with Gasteiger partial charge in [-0.25, -0.2) is 0 Å². The van der Waals surface area contributed by atoms with E-state index in [1.54, 1.807) is 0 Å². The number of nitrogens with zero attached hydrogens (tertiary/aromatic N) is 2. The molecule has 0 spiro atoms. The van der Waals surface area contributed by atoms with E-state index in [1.165, 1.54) is 52.1 Å². The molecule has 2 amide bonds. The Balaban J connectivity index is 1.56. The van der Waals surface area contributed by atoms with Crippen molar-refractivity contribution in [3.8, 4) is 0 Å². The second kappa shape index (κ2) is 6.99. The van der Waals surface area contributed by atoms with Crippen LogP contribution in [0.1, 0.15) is 45.4 Å². The van der Waals surface area contributed by atoms with Crippen LogP contribution < -0.4 is 5.32 Å². The van der Waals surface area contributed by atoms with Crippen LogP contribution in [0.4, 0.5) is 0 Å². The van der Waals surface area contributed by atoms with E-state index in [0.717, 1.165) is 25.4 Å². The molecule has 2 aliphatic heterocycles. The third kappa shape index (κ3) is 4.00. The van der Waals surface area contributed by atoms with Gasteiger partial charge in [-0.15, -0.1) is 0 Å². The maximum atomic E-state index is 12.2. The number of rotatable bonds is 4. The van der Waals surface area contributed by atoms with Gasteiger partial charge in [-0.3, -0.25) is 14.5 Å². The number of carbonyl (C=O) groups excluding carboxylic acids is 2. The van der Waals surface area contributed by atoms with Gasteiger partial charge < -0.3 is 10.2 Å². The number of carbonyl (C=O) groups is 2. The van der Waals surface area contributed by atoms with Crippen LogP contribution in [0.5, 0.6) is 0 Å². The fraction of sp³-hybridized carbons (Fsp3) is 0.882. The fourth-order valence-electron chi connectivity index (χ4n) is 4.07. The molecule has 22 heavy (non-hydrogen) atoms. The molecule has 5 nitrogen and oxygen atoms in total. The Morgan fingerprint density at radius 3 is 2.64 bits per heavy atom.